The molecule has 0 spiro atoms. The summed E-state index contributed by atoms with van der Waals surface area (Å²) in [6.45, 7) is 0.368. The molecule has 0 saturated carbocycles. The van der Waals surface area contributed by atoms with Crippen LogP contribution in [-0.2, 0) is 6.42 Å². The lowest BCUT2D eigenvalue weighted by atomic mass is 10.2. The molecule has 0 aliphatic carbocycles. The van der Waals surface area contributed by atoms with Crippen LogP contribution in [0.4, 0.5) is 0 Å². The van der Waals surface area contributed by atoms with Gasteiger partial charge in [0.15, 0.2) is 10.9 Å². The van der Waals surface area contributed by atoms with Crippen molar-refractivity contribution in [2.45, 2.75) is 6.42 Å². The summed E-state index contributed by atoms with van der Waals surface area (Å²) in [5.41, 5.74) is 1.68. The van der Waals surface area contributed by atoms with E-state index in [1.165, 1.54) is 6.20 Å². The van der Waals surface area contributed by atoms with Gasteiger partial charge in [0.05, 0.1) is 6.20 Å². The van der Waals surface area contributed by atoms with Crippen molar-refractivity contribution in [1.29, 1.82) is 0 Å². The van der Waals surface area contributed by atoms with Crippen molar-refractivity contribution < 1.29 is 9.53 Å². The second kappa shape index (κ2) is 9.18. The number of benzene rings is 1. The lowest BCUT2D eigenvalue weighted by molar-refractivity contribution is 0.0951. The van der Waals surface area contributed by atoms with Gasteiger partial charge in [0.25, 0.3) is 5.91 Å². The summed E-state index contributed by atoms with van der Waals surface area (Å²) in [7, 11) is 0. The molecule has 0 aliphatic heterocycles. The predicted octanol–water partition coefficient (Wildman–Crippen LogP) is 3.92. The molecule has 6 nitrogen and oxygen atoms in total. The fraction of sp³-hybridized carbons (Fsp3) is 0.100. The highest BCUT2D eigenvalue weighted by atomic mass is 35.5. The fourth-order valence-corrected chi connectivity index (χ4v) is 2.70. The third kappa shape index (κ3) is 4.97. The Morgan fingerprint density at radius 1 is 1.21 bits per heavy atom. The number of carbonyl (C=O) groups excluding carboxylic acids is 1. The molecular weight excluding hydrogens is 399 g/mol. The van der Waals surface area contributed by atoms with Crippen LogP contribution in [0.3, 0.4) is 0 Å². The minimum absolute atomic E-state index is 0.0590. The maximum atomic E-state index is 12.6. The number of aromatic nitrogens is 3. The molecule has 28 heavy (non-hydrogen) atoms. The first-order valence-corrected chi connectivity index (χ1v) is 8.97. The second-order valence-electron chi connectivity index (χ2n) is 5.64. The second-order valence-corrected chi connectivity index (χ2v) is 6.39. The Hall–Kier alpha value is -3.14. The van der Waals surface area contributed by atoms with Gasteiger partial charge in [0, 0.05) is 18.3 Å². The summed E-state index contributed by atoms with van der Waals surface area (Å²) in [5.74, 6) is 2.74. The average Bonchev–Trinajstić information content (AvgIpc) is 2.69. The standard InChI is InChI=1S/C20H14Cl2N4O2/c1-2-13-4-3-5-15(10-13)28-16-12-25-26-19(22)18(16)20(27)23-9-8-14-6-7-17(21)24-11-14/h1,3-7,10-12H,8-9H2,(H,23,27). The van der Waals surface area contributed by atoms with Gasteiger partial charge in [-0.2, -0.15) is 5.10 Å². The molecule has 140 valence electrons. The van der Waals surface area contributed by atoms with E-state index in [0.29, 0.717) is 29.4 Å². The van der Waals surface area contributed by atoms with Crippen molar-refractivity contribution in [2.75, 3.05) is 6.54 Å². The van der Waals surface area contributed by atoms with Crippen molar-refractivity contribution in [3.63, 3.8) is 0 Å². The summed E-state index contributed by atoms with van der Waals surface area (Å²) in [4.78, 5) is 16.6. The third-order valence-corrected chi connectivity index (χ3v) is 4.20. The van der Waals surface area contributed by atoms with Crippen molar-refractivity contribution in [3.8, 4) is 23.8 Å². The highest BCUT2D eigenvalue weighted by molar-refractivity contribution is 6.33. The Balaban J connectivity index is 1.72. The van der Waals surface area contributed by atoms with Gasteiger partial charge in [-0.05, 0) is 36.2 Å². The molecule has 8 heteroatoms. The van der Waals surface area contributed by atoms with Crippen molar-refractivity contribution in [3.05, 3.63) is 75.8 Å². The minimum Gasteiger partial charge on any atom is -0.455 e. The van der Waals surface area contributed by atoms with Crippen LogP contribution in [0, 0.1) is 12.3 Å². The molecule has 2 aromatic heterocycles. The molecule has 0 aliphatic rings. The lowest BCUT2D eigenvalue weighted by Crippen LogP contribution is -2.26. The van der Waals surface area contributed by atoms with Crippen LogP contribution in [0.5, 0.6) is 11.5 Å². The van der Waals surface area contributed by atoms with Crippen LogP contribution in [0.15, 0.2) is 48.8 Å². The van der Waals surface area contributed by atoms with Crippen molar-refractivity contribution in [2.24, 2.45) is 0 Å². The highest BCUT2D eigenvalue weighted by Crippen LogP contribution is 2.28. The monoisotopic (exact) mass is 412 g/mol. The van der Waals surface area contributed by atoms with Gasteiger partial charge in [0.1, 0.15) is 16.5 Å². The van der Waals surface area contributed by atoms with E-state index in [1.807, 2.05) is 6.07 Å². The van der Waals surface area contributed by atoms with Crippen molar-refractivity contribution >= 4 is 29.1 Å². The lowest BCUT2D eigenvalue weighted by Gasteiger charge is -2.12. The maximum absolute atomic E-state index is 12.6. The number of terminal acetylenes is 1. The van der Waals surface area contributed by atoms with Crippen LogP contribution in [0.25, 0.3) is 0 Å². The van der Waals surface area contributed by atoms with E-state index in [2.05, 4.69) is 26.4 Å². The number of halogens is 2. The van der Waals surface area contributed by atoms with Crippen LogP contribution < -0.4 is 10.1 Å². The van der Waals surface area contributed by atoms with E-state index in [9.17, 15) is 4.79 Å². The number of pyridine rings is 1. The zero-order valence-corrected chi connectivity index (χ0v) is 16.0. The summed E-state index contributed by atoms with van der Waals surface area (Å²) in [6.07, 6.45) is 8.96. The number of ether oxygens (including phenoxy) is 1. The molecule has 1 amide bonds. The number of rotatable bonds is 6. The number of carbonyl (C=O) groups is 1. The molecule has 1 aromatic carbocycles. The SMILES string of the molecule is C#Cc1cccc(Oc2cnnc(Cl)c2C(=O)NCCc2ccc(Cl)nc2)c1. The van der Waals surface area contributed by atoms with E-state index < -0.39 is 5.91 Å². The van der Waals surface area contributed by atoms with Crippen LogP contribution >= 0.6 is 23.2 Å². The average molecular weight is 413 g/mol. The molecule has 0 bridgehead atoms. The first-order valence-electron chi connectivity index (χ1n) is 8.21. The van der Waals surface area contributed by atoms with E-state index in [1.54, 1.807) is 36.5 Å². The predicted molar refractivity (Wildman–Crippen MR) is 107 cm³/mol. The smallest absolute Gasteiger partial charge is 0.258 e. The molecule has 0 radical (unpaired) electrons. The van der Waals surface area contributed by atoms with Gasteiger partial charge < -0.3 is 10.1 Å². The molecule has 2 heterocycles. The number of nitrogens with one attached hydrogen (secondary N) is 1. The fourth-order valence-electron chi connectivity index (χ4n) is 2.37. The van der Waals surface area contributed by atoms with Gasteiger partial charge in [-0.15, -0.1) is 11.5 Å². The maximum Gasteiger partial charge on any atom is 0.258 e. The van der Waals surface area contributed by atoms with E-state index >= 15 is 0 Å². The van der Waals surface area contributed by atoms with E-state index in [-0.39, 0.29) is 16.5 Å². The zero-order valence-electron chi connectivity index (χ0n) is 14.5. The Bertz CT molecular complexity index is 1030. The Morgan fingerprint density at radius 3 is 2.82 bits per heavy atom. The largest absolute Gasteiger partial charge is 0.455 e. The Kier molecular flexibility index (Phi) is 6.43. The summed E-state index contributed by atoms with van der Waals surface area (Å²) < 4.78 is 5.76. The molecule has 3 aromatic rings. The van der Waals surface area contributed by atoms with Gasteiger partial charge in [-0.3, -0.25) is 4.79 Å². The summed E-state index contributed by atoms with van der Waals surface area (Å²) >= 11 is 11.9. The molecule has 3 rings (SSSR count). The third-order valence-electron chi connectivity index (χ3n) is 3.72. The first kappa shape index (κ1) is 19.6. The first-order chi connectivity index (χ1) is 13.6. The molecule has 0 unspecified atom stereocenters. The summed E-state index contributed by atoms with van der Waals surface area (Å²) in [5, 5.41) is 10.6. The summed E-state index contributed by atoms with van der Waals surface area (Å²) in [6, 6.07) is 10.4. The number of hydrogen-bond acceptors (Lipinski definition) is 5. The zero-order chi connectivity index (χ0) is 19.9. The molecular formula is C20H14Cl2N4O2. The minimum atomic E-state index is -0.426. The van der Waals surface area contributed by atoms with Crippen LogP contribution in [0.2, 0.25) is 10.3 Å². The van der Waals surface area contributed by atoms with Crippen molar-refractivity contribution in [1.82, 2.24) is 20.5 Å². The van der Waals surface area contributed by atoms with Crippen LogP contribution in [-0.4, -0.2) is 27.6 Å². The quantitative estimate of drug-likeness (QED) is 0.490. The molecule has 0 saturated heterocycles. The molecule has 0 atom stereocenters. The molecule has 1 N–H and O–H groups in total. The topological polar surface area (TPSA) is 77.0 Å². The van der Waals surface area contributed by atoms with E-state index in [0.717, 1.165) is 5.56 Å². The normalized spacial score (nSPS) is 10.2. The van der Waals surface area contributed by atoms with Gasteiger partial charge in [-0.1, -0.05) is 41.3 Å². The number of hydrogen-bond donors (Lipinski definition) is 1. The Morgan fingerprint density at radius 2 is 2.07 bits per heavy atom. The Labute approximate surface area is 171 Å². The van der Waals surface area contributed by atoms with Gasteiger partial charge >= 0.3 is 0 Å². The van der Waals surface area contributed by atoms with Crippen LogP contribution in [0.1, 0.15) is 21.5 Å². The molecule has 0 fully saturated rings. The number of amides is 1. The highest BCUT2D eigenvalue weighted by Gasteiger charge is 2.19. The van der Waals surface area contributed by atoms with Gasteiger partial charge in [0.2, 0.25) is 0 Å². The number of nitrogens with zero attached hydrogens (tertiary/aromatic N) is 3. The van der Waals surface area contributed by atoms with E-state index in [4.69, 9.17) is 34.4 Å². The van der Waals surface area contributed by atoms with Gasteiger partial charge in [-0.25, -0.2) is 4.98 Å².